The molecule has 21 heavy (non-hydrogen) atoms. The molecule has 0 aliphatic carbocycles. The molecule has 0 aliphatic rings. The van der Waals surface area contributed by atoms with Crippen molar-refractivity contribution >= 4 is 31.3 Å². The van der Waals surface area contributed by atoms with Crippen molar-refractivity contribution < 1.29 is 30.0 Å². The van der Waals surface area contributed by atoms with E-state index in [1.807, 2.05) is 0 Å². The Morgan fingerprint density at radius 2 is 1.57 bits per heavy atom. The van der Waals surface area contributed by atoms with Crippen molar-refractivity contribution in [3.8, 4) is 0 Å². The van der Waals surface area contributed by atoms with E-state index >= 15 is 0 Å². The molecule has 0 N–H and O–H groups in total. The summed E-state index contributed by atoms with van der Waals surface area (Å²) in [5.41, 5.74) is -5.57. The number of benzene rings is 1. The Morgan fingerprint density at radius 1 is 1.10 bits per heavy atom. The van der Waals surface area contributed by atoms with Crippen molar-refractivity contribution in [3.63, 3.8) is 0 Å². The van der Waals surface area contributed by atoms with E-state index < -0.39 is 46.6 Å². The van der Waals surface area contributed by atoms with E-state index in [9.17, 15) is 30.0 Å². The van der Waals surface area contributed by atoms with Gasteiger partial charge in [0.25, 0.3) is 9.84 Å². The second-order valence-corrected chi connectivity index (χ2v) is 8.66. The topological polar surface area (TPSA) is 68.3 Å². The lowest BCUT2D eigenvalue weighted by Crippen LogP contribution is -2.26. The largest absolute Gasteiger partial charge is 0.501 e. The minimum atomic E-state index is -5.74. The summed E-state index contributed by atoms with van der Waals surface area (Å²) in [7, 11) is -9.95. The van der Waals surface area contributed by atoms with Crippen LogP contribution < -0.4 is 0 Å². The lowest BCUT2D eigenvalue weighted by atomic mass is 10.3. The summed E-state index contributed by atoms with van der Waals surface area (Å²) in [5.74, 6) is -1.09. The Morgan fingerprint density at radius 3 is 2.00 bits per heavy atom. The van der Waals surface area contributed by atoms with E-state index in [0.717, 1.165) is 18.2 Å². The molecule has 4 nitrogen and oxygen atoms in total. The first-order valence-electron chi connectivity index (χ1n) is 5.62. The molecule has 0 saturated heterocycles. The van der Waals surface area contributed by atoms with Gasteiger partial charge >= 0.3 is 5.51 Å². The third-order valence-electron chi connectivity index (χ3n) is 2.55. The highest BCUT2D eigenvalue weighted by Gasteiger charge is 2.48. The second kappa shape index (κ2) is 6.13. The first kappa shape index (κ1) is 18.2. The SMILES string of the molecule is CC(CCl)CS(=O)(=O)c1ccccc1S(=O)(=O)C(F)(F)F. The summed E-state index contributed by atoms with van der Waals surface area (Å²) in [6.45, 7) is 1.49. The Kier molecular flexibility index (Phi) is 5.33. The Hall–Kier alpha value is -0.800. The van der Waals surface area contributed by atoms with Crippen molar-refractivity contribution in [2.45, 2.75) is 22.2 Å². The van der Waals surface area contributed by atoms with Crippen LogP contribution in [0.25, 0.3) is 0 Å². The van der Waals surface area contributed by atoms with Gasteiger partial charge in [-0.3, -0.25) is 0 Å². The number of alkyl halides is 4. The third kappa shape index (κ3) is 3.89. The van der Waals surface area contributed by atoms with Gasteiger partial charge in [-0.15, -0.1) is 11.6 Å². The molecule has 0 heterocycles. The average molecular weight is 365 g/mol. The highest BCUT2D eigenvalue weighted by molar-refractivity contribution is 7.95. The molecule has 120 valence electrons. The second-order valence-electron chi connectivity index (χ2n) is 4.44. The highest BCUT2D eigenvalue weighted by Crippen LogP contribution is 2.34. The van der Waals surface area contributed by atoms with E-state index in [1.54, 1.807) is 0 Å². The van der Waals surface area contributed by atoms with Gasteiger partial charge in [-0.1, -0.05) is 19.1 Å². The van der Waals surface area contributed by atoms with Gasteiger partial charge in [-0.2, -0.15) is 13.2 Å². The molecule has 0 saturated carbocycles. The first-order chi connectivity index (χ1) is 9.43. The normalized spacial score (nSPS) is 14.9. The van der Waals surface area contributed by atoms with E-state index in [0.29, 0.717) is 6.07 Å². The van der Waals surface area contributed by atoms with Gasteiger partial charge < -0.3 is 0 Å². The van der Waals surface area contributed by atoms with Gasteiger partial charge in [0.15, 0.2) is 9.84 Å². The quantitative estimate of drug-likeness (QED) is 0.753. The van der Waals surface area contributed by atoms with Gasteiger partial charge in [-0.05, 0) is 18.1 Å². The predicted octanol–water partition coefficient (Wildman–Crippen LogP) is 2.63. The molecular formula is C11H12ClF3O4S2. The summed E-state index contributed by atoms with van der Waals surface area (Å²) in [6, 6.07) is 3.66. The number of hydrogen-bond donors (Lipinski definition) is 0. The van der Waals surface area contributed by atoms with Crippen LogP contribution in [0.5, 0.6) is 0 Å². The molecule has 1 aromatic carbocycles. The maximum Gasteiger partial charge on any atom is 0.501 e. The number of rotatable bonds is 5. The van der Waals surface area contributed by atoms with Crippen LogP contribution >= 0.6 is 11.6 Å². The Balaban J connectivity index is 3.49. The van der Waals surface area contributed by atoms with Crippen molar-refractivity contribution in [1.29, 1.82) is 0 Å². The maximum atomic E-state index is 12.6. The number of sulfone groups is 2. The number of halogens is 4. The molecule has 0 amide bonds. The molecule has 0 aromatic heterocycles. The zero-order valence-electron chi connectivity index (χ0n) is 10.8. The number of hydrogen-bond acceptors (Lipinski definition) is 4. The molecule has 0 bridgehead atoms. The van der Waals surface area contributed by atoms with Crippen LogP contribution in [0.1, 0.15) is 6.92 Å². The van der Waals surface area contributed by atoms with Gasteiger partial charge in [0.2, 0.25) is 0 Å². The highest BCUT2D eigenvalue weighted by atomic mass is 35.5. The molecule has 1 rings (SSSR count). The zero-order chi connectivity index (χ0) is 16.5. The first-order valence-corrected chi connectivity index (χ1v) is 9.29. The fourth-order valence-corrected chi connectivity index (χ4v) is 5.06. The van der Waals surface area contributed by atoms with E-state index in [2.05, 4.69) is 0 Å². The summed E-state index contributed by atoms with van der Waals surface area (Å²) in [6.07, 6.45) is 0. The van der Waals surface area contributed by atoms with E-state index in [-0.39, 0.29) is 5.88 Å². The average Bonchev–Trinajstić information content (AvgIpc) is 2.36. The van der Waals surface area contributed by atoms with E-state index in [1.165, 1.54) is 6.92 Å². The van der Waals surface area contributed by atoms with Crippen LogP contribution in [0.2, 0.25) is 0 Å². The molecule has 0 spiro atoms. The van der Waals surface area contributed by atoms with Crippen molar-refractivity contribution in [3.05, 3.63) is 24.3 Å². The molecule has 10 heteroatoms. The van der Waals surface area contributed by atoms with Crippen LogP contribution in [-0.4, -0.2) is 34.0 Å². The summed E-state index contributed by atoms with van der Waals surface area (Å²) in [4.78, 5) is -2.13. The minimum absolute atomic E-state index is 0.0204. The van der Waals surface area contributed by atoms with Crippen molar-refractivity contribution in [2.24, 2.45) is 5.92 Å². The lowest BCUT2D eigenvalue weighted by Gasteiger charge is -2.14. The Labute approximate surface area is 125 Å². The third-order valence-corrected chi connectivity index (χ3v) is 6.78. The van der Waals surface area contributed by atoms with Crippen LogP contribution in [-0.2, 0) is 19.7 Å². The van der Waals surface area contributed by atoms with Crippen molar-refractivity contribution in [1.82, 2.24) is 0 Å². The minimum Gasteiger partial charge on any atom is -0.224 e. The standard InChI is InChI=1S/C11H12ClF3O4S2/c1-8(6-12)7-20(16,17)9-4-2-3-5-10(9)21(18,19)11(13,14)15/h2-5,8H,6-7H2,1H3. The monoisotopic (exact) mass is 364 g/mol. The van der Waals surface area contributed by atoms with Gasteiger partial charge in [0.05, 0.1) is 15.5 Å². The molecule has 0 aliphatic heterocycles. The van der Waals surface area contributed by atoms with Crippen LogP contribution in [0, 0.1) is 5.92 Å². The maximum absolute atomic E-state index is 12.6. The van der Waals surface area contributed by atoms with Gasteiger partial charge in [-0.25, -0.2) is 16.8 Å². The van der Waals surface area contributed by atoms with Crippen LogP contribution in [0.3, 0.4) is 0 Å². The summed E-state index contributed by atoms with van der Waals surface area (Å²) >= 11 is 5.49. The molecule has 1 atom stereocenters. The summed E-state index contributed by atoms with van der Waals surface area (Å²) in [5, 5.41) is 0. The van der Waals surface area contributed by atoms with Crippen LogP contribution in [0.15, 0.2) is 34.1 Å². The fourth-order valence-electron chi connectivity index (χ4n) is 1.56. The van der Waals surface area contributed by atoms with Crippen LogP contribution in [0.4, 0.5) is 13.2 Å². The fraction of sp³-hybridized carbons (Fsp3) is 0.455. The van der Waals surface area contributed by atoms with E-state index in [4.69, 9.17) is 11.6 Å². The molecular weight excluding hydrogens is 353 g/mol. The molecule has 1 aromatic rings. The lowest BCUT2D eigenvalue weighted by molar-refractivity contribution is -0.0437. The zero-order valence-corrected chi connectivity index (χ0v) is 13.2. The summed E-state index contributed by atoms with van der Waals surface area (Å²) < 4.78 is 85.0. The van der Waals surface area contributed by atoms with Crippen molar-refractivity contribution in [2.75, 3.05) is 11.6 Å². The van der Waals surface area contributed by atoms with Gasteiger partial charge in [0.1, 0.15) is 0 Å². The smallest absolute Gasteiger partial charge is 0.224 e. The molecule has 0 radical (unpaired) electrons. The molecule has 1 unspecified atom stereocenters. The Bertz CT molecular complexity index is 711. The molecule has 0 fully saturated rings. The van der Waals surface area contributed by atoms with Gasteiger partial charge in [0, 0.05) is 5.88 Å². The predicted molar refractivity (Wildman–Crippen MR) is 71.6 cm³/mol.